The summed E-state index contributed by atoms with van der Waals surface area (Å²) in [5.41, 5.74) is -0.350. The number of carbonyl (C=O) groups is 1. The lowest BCUT2D eigenvalue weighted by atomic mass is 9.91. The number of aliphatic hydroxyl groups is 1. The molecule has 0 saturated carbocycles. The molecule has 3 aliphatic heterocycles. The number of nitrogens with zero attached hydrogens (tertiary/aromatic N) is 2. The molecule has 3 heterocycles. The van der Waals surface area contributed by atoms with Gasteiger partial charge in [0.2, 0.25) is 0 Å². The molecule has 3 aliphatic rings. The van der Waals surface area contributed by atoms with Crippen molar-refractivity contribution in [1.82, 2.24) is 9.80 Å². The monoisotopic (exact) mass is 412 g/mol. The van der Waals surface area contributed by atoms with Gasteiger partial charge in [-0.25, -0.2) is 4.79 Å². The van der Waals surface area contributed by atoms with Crippen LogP contribution in [0.2, 0.25) is 0 Å². The van der Waals surface area contributed by atoms with Crippen LogP contribution in [-0.4, -0.2) is 78.1 Å². The number of hydrogen-bond donors (Lipinski definition) is 1. The van der Waals surface area contributed by atoms with Crippen molar-refractivity contribution in [2.45, 2.75) is 44.0 Å². The van der Waals surface area contributed by atoms with Crippen LogP contribution in [0.5, 0.6) is 11.5 Å². The van der Waals surface area contributed by atoms with Crippen LogP contribution in [0.3, 0.4) is 0 Å². The lowest BCUT2D eigenvalue weighted by molar-refractivity contribution is -0.0451. The van der Waals surface area contributed by atoms with Crippen molar-refractivity contribution in [3.8, 4) is 11.5 Å². The smallest absolute Gasteiger partial charge is 0.410 e. The van der Waals surface area contributed by atoms with Crippen molar-refractivity contribution in [1.29, 1.82) is 0 Å². The fourth-order valence-corrected chi connectivity index (χ4v) is 4.15. The van der Waals surface area contributed by atoms with Crippen molar-refractivity contribution in [2.75, 3.05) is 39.3 Å². The topological polar surface area (TPSA) is 71.5 Å². The molecule has 0 bridgehead atoms. The maximum Gasteiger partial charge on any atom is 0.410 e. The third-order valence-electron chi connectivity index (χ3n) is 5.71. The van der Waals surface area contributed by atoms with Gasteiger partial charge in [-0.3, -0.25) is 0 Å². The molecule has 28 heavy (non-hydrogen) atoms. The molecular weight excluding hydrogens is 384 g/mol. The molecule has 2 unspecified atom stereocenters. The maximum atomic E-state index is 12.0. The van der Waals surface area contributed by atoms with Gasteiger partial charge in [-0.15, -0.1) is 12.4 Å². The van der Waals surface area contributed by atoms with Gasteiger partial charge < -0.3 is 29.1 Å². The van der Waals surface area contributed by atoms with Gasteiger partial charge in [0, 0.05) is 39.0 Å². The van der Waals surface area contributed by atoms with Gasteiger partial charge in [0.1, 0.15) is 18.3 Å². The molecule has 156 valence electrons. The summed E-state index contributed by atoms with van der Waals surface area (Å²) >= 11 is 0. The van der Waals surface area contributed by atoms with E-state index in [2.05, 4.69) is 11.8 Å². The van der Waals surface area contributed by atoms with Gasteiger partial charge in [0.25, 0.3) is 0 Å². The predicted molar refractivity (Wildman–Crippen MR) is 106 cm³/mol. The van der Waals surface area contributed by atoms with Crippen LogP contribution in [0.25, 0.3) is 0 Å². The number of carbonyl (C=O) groups excluding carboxylic acids is 1. The Balaban J connectivity index is 0.00000225. The molecule has 4 rings (SSSR count). The third-order valence-corrected chi connectivity index (χ3v) is 5.71. The second-order valence-corrected chi connectivity index (χ2v) is 7.75. The summed E-state index contributed by atoms with van der Waals surface area (Å²) in [6.07, 6.45) is 1.36. The van der Waals surface area contributed by atoms with Crippen molar-refractivity contribution < 1.29 is 24.1 Å². The summed E-state index contributed by atoms with van der Waals surface area (Å²) in [6, 6.07) is 7.52. The third kappa shape index (κ3) is 4.31. The van der Waals surface area contributed by atoms with Crippen LogP contribution < -0.4 is 9.47 Å². The van der Waals surface area contributed by atoms with Crippen LogP contribution in [0, 0.1) is 0 Å². The zero-order valence-electron chi connectivity index (χ0n) is 16.2. The molecule has 1 aromatic rings. The maximum absolute atomic E-state index is 12.0. The number of rotatable bonds is 5. The minimum absolute atomic E-state index is 0. The Hall–Kier alpha value is -1.70. The molecular formula is C20H29ClN2O5. The molecule has 1 N–H and O–H groups in total. The molecule has 8 heteroatoms. The largest absolute Gasteiger partial charge is 0.486 e. The van der Waals surface area contributed by atoms with Gasteiger partial charge >= 0.3 is 6.09 Å². The number of para-hydroxylation sites is 2. The van der Waals surface area contributed by atoms with Crippen LogP contribution >= 0.6 is 12.4 Å². The van der Waals surface area contributed by atoms with Crippen molar-refractivity contribution in [3.05, 3.63) is 24.3 Å². The first-order valence-corrected chi connectivity index (χ1v) is 9.85. The molecule has 2 saturated heterocycles. The molecule has 1 aromatic carbocycles. The number of hydrogen-bond acceptors (Lipinski definition) is 6. The Kier molecular flexibility index (Phi) is 6.58. The van der Waals surface area contributed by atoms with E-state index >= 15 is 0 Å². The van der Waals surface area contributed by atoms with E-state index in [-0.39, 0.29) is 30.2 Å². The summed E-state index contributed by atoms with van der Waals surface area (Å²) < 4.78 is 17.3. The summed E-state index contributed by atoms with van der Waals surface area (Å²) in [5, 5.41) is 10.6. The normalized spacial score (nSPS) is 24.6. The number of benzene rings is 1. The number of amides is 1. The molecule has 0 aliphatic carbocycles. The van der Waals surface area contributed by atoms with Gasteiger partial charge in [0.15, 0.2) is 17.6 Å². The lowest BCUT2D eigenvalue weighted by Gasteiger charge is -2.39. The zero-order chi connectivity index (χ0) is 18.9. The van der Waals surface area contributed by atoms with Crippen LogP contribution in [0.15, 0.2) is 24.3 Å². The standard InChI is InChI=1S/C20H28N2O5.ClH/c1-2-9-22-14-20(27-19(22)24)7-10-21(11-8-20)12-15(23)18-13-25-16-5-3-4-6-17(16)26-18;/h3-6,15,18,23H,2,7-14H2,1H3;1H. The second-order valence-electron chi connectivity index (χ2n) is 7.75. The van der Waals surface area contributed by atoms with E-state index in [1.807, 2.05) is 29.2 Å². The van der Waals surface area contributed by atoms with E-state index in [1.54, 1.807) is 0 Å². The molecule has 2 fully saturated rings. The van der Waals surface area contributed by atoms with Crippen LogP contribution in [-0.2, 0) is 4.74 Å². The Morgan fingerprint density at radius 3 is 2.68 bits per heavy atom. The highest BCUT2D eigenvalue weighted by atomic mass is 35.5. The summed E-state index contributed by atoms with van der Waals surface area (Å²) in [4.78, 5) is 16.1. The quantitative estimate of drug-likeness (QED) is 0.800. The number of ether oxygens (including phenoxy) is 3. The summed E-state index contributed by atoms with van der Waals surface area (Å²) in [5.74, 6) is 1.40. The van der Waals surface area contributed by atoms with Gasteiger partial charge in [0.05, 0.1) is 6.54 Å². The number of aliphatic hydroxyl groups excluding tert-OH is 1. The van der Waals surface area contributed by atoms with Gasteiger partial charge in [-0.2, -0.15) is 0 Å². The number of halogens is 1. The first kappa shape index (κ1) is 21.0. The van der Waals surface area contributed by atoms with E-state index < -0.39 is 6.10 Å². The zero-order valence-corrected chi connectivity index (χ0v) is 17.0. The summed E-state index contributed by atoms with van der Waals surface area (Å²) in [6.45, 7) is 5.98. The first-order chi connectivity index (χ1) is 13.1. The van der Waals surface area contributed by atoms with Crippen molar-refractivity contribution in [2.24, 2.45) is 0 Å². The fourth-order valence-electron chi connectivity index (χ4n) is 4.15. The van der Waals surface area contributed by atoms with Crippen LogP contribution in [0.1, 0.15) is 26.2 Å². The fraction of sp³-hybridized carbons (Fsp3) is 0.650. The lowest BCUT2D eigenvalue weighted by Crippen LogP contribution is -2.51. The van der Waals surface area contributed by atoms with Gasteiger partial charge in [-0.05, 0) is 18.6 Å². The highest BCUT2D eigenvalue weighted by Gasteiger charge is 2.46. The van der Waals surface area contributed by atoms with Crippen molar-refractivity contribution >= 4 is 18.5 Å². The number of piperidine rings is 1. The number of fused-ring (bicyclic) bond motifs is 1. The SMILES string of the molecule is CCCN1CC2(CCN(CC(O)C3COc4ccccc4O3)CC2)OC1=O.Cl. The average molecular weight is 413 g/mol. The molecule has 1 spiro atoms. The number of likely N-dealkylation sites (tertiary alicyclic amines) is 1. The Bertz CT molecular complexity index is 680. The van der Waals surface area contributed by atoms with Crippen molar-refractivity contribution in [3.63, 3.8) is 0 Å². The van der Waals surface area contributed by atoms with Crippen LogP contribution in [0.4, 0.5) is 4.79 Å². The molecule has 0 aromatic heterocycles. The van der Waals surface area contributed by atoms with E-state index in [0.717, 1.165) is 44.6 Å². The predicted octanol–water partition coefficient (Wildman–Crippen LogP) is 2.31. The summed E-state index contributed by atoms with van der Waals surface area (Å²) in [7, 11) is 0. The highest BCUT2D eigenvalue weighted by Crippen LogP contribution is 2.34. The Morgan fingerprint density at radius 1 is 1.25 bits per heavy atom. The van der Waals surface area contributed by atoms with E-state index in [9.17, 15) is 9.90 Å². The molecule has 2 atom stereocenters. The average Bonchev–Trinajstić information content (AvgIpc) is 2.98. The Morgan fingerprint density at radius 2 is 1.96 bits per heavy atom. The first-order valence-electron chi connectivity index (χ1n) is 9.85. The molecule has 1 amide bonds. The Labute approximate surface area is 171 Å². The van der Waals surface area contributed by atoms with E-state index in [4.69, 9.17) is 14.2 Å². The minimum Gasteiger partial charge on any atom is -0.486 e. The minimum atomic E-state index is -0.630. The van der Waals surface area contributed by atoms with Gasteiger partial charge in [-0.1, -0.05) is 19.1 Å². The van der Waals surface area contributed by atoms with E-state index in [1.165, 1.54) is 0 Å². The highest BCUT2D eigenvalue weighted by molar-refractivity contribution is 5.85. The molecule has 7 nitrogen and oxygen atoms in total. The van der Waals surface area contributed by atoms with E-state index in [0.29, 0.717) is 25.4 Å². The number of β-amino-alcohol motifs (C(OH)–C–C–N with tert-alkyl or cyclic N) is 1. The molecule has 0 radical (unpaired) electrons. The second kappa shape index (κ2) is 8.76.